The summed E-state index contributed by atoms with van der Waals surface area (Å²) in [6, 6.07) is 18.3. The molecule has 6 nitrogen and oxygen atoms in total. The molecule has 4 aromatic rings. The number of hydrogen-bond acceptors (Lipinski definition) is 5. The minimum atomic E-state index is -0.692. The quantitative estimate of drug-likeness (QED) is 0.407. The molecule has 0 saturated carbocycles. The van der Waals surface area contributed by atoms with Gasteiger partial charge in [0.1, 0.15) is 5.82 Å². The summed E-state index contributed by atoms with van der Waals surface area (Å²) in [5.41, 5.74) is 1.96. The van der Waals surface area contributed by atoms with Crippen molar-refractivity contribution in [3.8, 4) is 11.4 Å². The lowest BCUT2D eigenvalue weighted by Gasteiger charge is -2.10. The average molecular weight is 480 g/mol. The Morgan fingerprint density at radius 1 is 1.00 bits per heavy atom. The van der Waals surface area contributed by atoms with Crippen LogP contribution in [0.15, 0.2) is 77.4 Å². The van der Waals surface area contributed by atoms with E-state index in [0.717, 1.165) is 0 Å². The van der Waals surface area contributed by atoms with Crippen molar-refractivity contribution in [2.45, 2.75) is 0 Å². The number of rotatable bonds is 5. The van der Waals surface area contributed by atoms with E-state index in [4.69, 9.17) is 4.74 Å². The topological polar surface area (TPSA) is 81.2 Å². The number of esters is 1. The first-order chi connectivity index (χ1) is 15.0. The van der Waals surface area contributed by atoms with Gasteiger partial charge < -0.3 is 10.1 Å². The number of nitrogens with one attached hydrogen (secondary N) is 1. The summed E-state index contributed by atoms with van der Waals surface area (Å²) in [7, 11) is 0. The number of pyridine rings is 2. The van der Waals surface area contributed by atoms with Crippen LogP contribution in [0.5, 0.6) is 0 Å². The van der Waals surface area contributed by atoms with Gasteiger partial charge in [-0.15, -0.1) is 0 Å². The minimum absolute atomic E-state index is 0.00366. The molecule has 0 radical (unpaired) electrons. The smallest absolute Gasteiger partial charge is 0.339 e. The summed E-state index contributed by atoms with van der Waals surface area (Å²) in [5.74, 6) is -1.95. The van der Waals surface area contributed by atoms with Crippen molar-refractivity contribution in [1.29, 1.82) is 0 Å². The number of benzene rings is 2. The fourth-order valence-electron chi connectivity index (χ4n) is 2.98. The number of fused-ring (bicyclic) bond motifs is 1. The molecular weight excluding hydrogens is 465 g/mol. The Morgan fingerprint density at radius 3 is 2.58 bits per heavy atom. The van der Waals surface area contributed by atoms with Crippen LogP contribution in [0.2, 0.25) is 0 Å². The first-order valence-corrected chi connectivity index (χ1v) is 10.0. The van der Waals surface area contributed by atoms with Gasteiger partial charge in [-0.05, 0) is 42.5 Å². The summed E-state index contributed by atoms with van der Waals surface area (Å²) in [6.07, 6.45) is 1.63. The molecule has 2 aromatic heterocycles. The third kappa shape index (κ3) is 4.75. The van der Waals surface area contributed by atoms with Gasteiger partial charge in [0.2, 0.25) is 0 Å². The van der Waals surface area contributed by atoms with Gasteiger partial charge in [0.25, 0.3) is 5.91 Å². The van der Waals surface area contributed by atoms with E-state index in [1.165, 1.54) is 12.1 Å². The van der Waals surface area contributed by atoms with Crippen molar-refractivity contribution in [2.75, 3.05) is 11.9 Å². The molecule has 0 aliphatic carbocycles. The molecule has 0 fully saturated rings. The number of ether oxygens (including phenoxy) is 1. The molecule has 31 heavy (non-hydrogen) atoms. The van der Waals surface area contributed by atoms with Gasteiger partial charge in [-0.25, -0.2) is 14.2 Å². The van der Waals surface area contributed by atoms with Gasteiger partial charge in [0, 0.05) is 16.1 Å². The maximum Gasteiger partial charge on any atom is 0.339 e. The molecule has 8 heteroatoms. The van der Waals surface area contributed by atoms with Gasteiger partial charge in [-0.3, -0.25) is 9.78 Å². The number of halogens is 2. The van der Waals surface area contributed by atoms with Gasteiger partial charge in [-0.1, -0.05) is 40.2 Å². The second kappa shape index (κ2) is 9.01. The van der Waals surface area contributed by atoms with Gasteiger partial charge in [-0.2, -0.15) is 0 Å². The van der Waals surface area contributed by atoms with Crippen molar-refractivity contribution in [3.63, 3.8) is 0 Å². The van der Waals surface area contributed by atoms with Gasteiger partial charge >= 0.3 is 5.97 Å². The Balaban J connectivity index is 1.55. The largest absolute Gasteiger partial charge is 0.452 e. The molecule has 1 N–H and O–H groups in total. The highest BCUT2D eigenvalue weighted by molar-refractivity contribution is 9.10. The van der Waals surface area contributed by atoms with E-state index in [1.54, 1.807) is 48.7 Å². The molecule has 0 bridgehead atoms. The molecule has 0 unspecified atom stereocenters. The Kier molecular flexibility index (Phi) is 5.99. The number of anilines is 1. The van der Waals surface area contributed by atoms with Crippen LogP contribution in [-0.2, 0) is 9.53 Å². The maximum absolute atomic E-state index is 13.9. The highest BCUT2D eigenvalue weighted by atomic mass is 79.9. The molecular formula is C23H15BrFN3O3. The second-order valence-corrected chi connectivity index (χ2v) is 7.45. The van der Waals surface area contributed by atoms with Crippen LogP contribution < -0.4 is 5.32 Å². The fourth-order valence-corrected chi connectivity index (χ4v) is 3.31. The predicted molar refractivity (Wildman–Crippen MR) is 118 cm³/mol. The highest BCUT2D eigenvalue weighted by Gasteiger charge is 2.17. The highest BCUT2D eigenvalue weighted by Crippen LogP contribution is 2.24. The molecule has 2 heterocycles. The van der Waals surface area contributed by atoms with Crippen LogP contribution in [0.25, 0.3) is 22.3 Å². The Morgan fingerprint density at radius 2 is 1.81 bits per heavy atom. The van der Waals surface area contributed by atoms with Crippen molar-refractivity contribution in [2.24, 2.45) is 0 Å². The van der Waals surface area contributed by atoms with Crippen LogP contribution >= 0.6 is 15.9 Å². The number of aromatic nitrogens is 2. The second-order valence-electron chi connectivity index (χ2n) is 6.54. The lowest BCUT2D eigenvalue weighted by Crippen LogP contribution is -2.21. The summed E-state index contributed by atoms with van der Waals surface area (Å²) in [4.78, 5) is 33.8. The Labute approximate surface area is 185 Å². The van der Waals surface area contributed by atoms with Crippen LogP contribution in [0.3, 0.4) is 0 Å². The molecule has 4 rings (SSSR count). The van der Waals surface area contributed by atoms with Crippen molar-refractivity contribution < 1.29 is 18.7 Å². The average Bonchev–Trinajstić information content (AvgIpc) is 2.79. The third-order valence-electron chi connectivity index (χ3n) is 4.40. The lowest BCUT2D eigenvalue weighted by molar-refractivity contribution is -0.119. The number of nitrogens with zero attached hydrogens (tertiary/aromatic N) is 2. The van der Waals surface area contributed by atoms with Gasteiger partial charge in [0.05, 0.1) is 28.2 Å². The predicted octanol–water partition coefficient (Wildman–Crippen LogP) is 4.99. The van der Waals surface area contributed by atoms with E-state index in [0.29, 0.717) is 26.8 Å². The zero-order valence-electron chi connectivity index (χ0n) is 16.0. The lowest BCUT2D eigenvalue weighted by atomic mass is 10.1. The van der Waals surface area contributed by atoms with E-state index >= 15 is 0 Å². The van der Waals surface area contributed by atoms with Gasteiger partial charge in [0.15, 0.2) is 6.61 Å². The van der Waals surface area contributed by atoms with Crippen molar-refractivity contribution in [3.05, 3.63) is 88.8 Å². The Hall–Kier alpha value is -3.65. The first-order valence-electron chi connectivity index (χ1n) is 9.24. The molecule has 0 saturated heterocycles. The van der Waals surface area contributed by atoms with Crippen LogP contribution in [0, 0.1) is 5.82 Å². The third-order valence-corrected chi connectivity index (χ3v) is 4.90. The summed E-state index contributed by atoms with van der Waals surface area (Å²) >= 11 is 3.15. The molecule has 0 aliphatic rings. The summed E-state index contributed by atoms with van der Waals surface area (Å²) in [5, 5.41) is 2.97. The zero-order valence-corrected chi connectivity index (χ0v) is 17.6. The molecule has 1 amide bonds. The molecule has 154 valence electrons. The fraction of sp³-hybridized carbons (Fsp3) is 0.0435. The molecule has 0 spiro atoms. The standard InChI is InChI=1S/C23H15BrFN3O3/c24-14-8-9-19(17(25)11-14)28-22(29)13-31-23(30)16-12-21(20-7-3-4-10-26-20)27-18-6-2-1-5-15(16)18/h1-12H,13H2,(H,28,29). The minimum Gasteiger partial charge on any atom is -0.452 e. The van der Waals surface area contributed by atoms with Crippen LogP contribution in [0.4, 0.5) is 10.1 Å². The first kappa shape index (κ1) is 20.6. The molecule has 0 atom stereocenters. The van der Waals surface area contributed by atoms with E-state index < -0.39 is 24.3 Å². The number of hydrogen-bond donors (Lipinski definition) is 1. The van der Waals surface area contributed by atoms with E-state index in [1.807, 2.05) is 12.1 Å². The van der Waals surface area contributed by atoms with E-state index in [2.05, 4.69) is 31.2 Å². The number of para-hydroxylation sites is 1. The number of carbonyl (C=O) groups excluding carboxylic acids is 2. The molecule has 2 aromatic carbocycles. The van der Waals surface area contributed by atoms with Crippen molar-refractivity contribution in [1.82, 2.24) is 9.97 Å². The zero-order chi connectivity index (χ0) is 21.8. The summed E-state index contributed by atoms with van der Waals surface area (Å²) in [6.45, 7) is -0.566. The number of carbonyl (C=O) groups is 2. The normalized spacial score (nSPS) is 10.6. The summed E-state index contributed by atoms with van der Waals surface area (Å²) < 4.78 is 19.6. The van der Waals surface area contributed by atoms with E-state index in [-0.39, 0.29) is 11.3 Å². The van der Waals surface area contributed by atoms with Crippen LogP contribution in [0.1, 0.15) is 10.4 Å². The monoisotopic (exact) mass is 479 g/mol. The van der Waals surface area contributed by atoms with Crippen molar-refractivity contribution >= 4 is 44.4 Å². The van der Waals surface area contributed by atoms with E-state index in [9.17, 15) is 14.0 Å². The Bertz CT molecular complexity index is 1280. The van der Waals surface area contributed by atoms with Crippen LogP contribution in [-0.4, -0.2) is 28.5 Å². The SMILES string of the molecule is O=C(COC(=O)c1cc(-c2ccccn2)nc2ccccc12)Nc1ccc(Br)cc1F. The molecule has 0 aliphatic heterocycles. The number of amides is 1. The maximum atomic E-state index is 13.9.